The lowest BCUT2D eigenvalue weighted by Gasteiger charge is -2.37. The fraction of sp³-hybridized carbons (Fsp3) is 0.609. The first-order valence-corrected chi connectivity index (χ1v) is 10.7. The van der Waals surface area contributed by atoms with E-state index in [0.717, 1.165) is 5.56 Å². The normalized spacial score (nSPS) is 18.6. The van der Waals surface area contributed by atoms with Gasteiger partial charge in [0.1, 0.15) is 17.9 Å². The molecular formula is C23H34N2O7. The van der Waals surface area contributed by atoms with Gasteiger partial charge in [-0.15, -0.1) is 0 Å². The van der Waals surface area contributed by atoms with Gasteiger partial charge >= 0.3 is 18.2 Å². The summed E-state index contributed by atoms with van der Waals surface area (Å²) in [4.78, 5) is 39.2. The quantitative estimate of drug-likeness (QED) is 0.500. The second-order valence-corrected chi connectivity index (χ2v) is 9.00. The second kappa shape index (κ2) is 10.7. The third-order valence-corrected chi connectivity index (χ3v) is 4.78. The van der Waals surface area contributed by atoms with E-state index < -0.39 is 41.6 Å². The topological polar surface area (TPSA) is 103 Å². The minimum Gasteiger partial charge on any atom is -0.466 e. The summed E-state index contributed by atoms with van der Waals surface area (Å²) < 4.78 is 21.7. The Balaban J connectivity index is 2.18. The molecule has 1 aliphatic rings. The number of benzene rings is 1. The number of carbonyl (C=O) groups is 3. The summed E-state index contributed by atoms with van der Waals surface area (Å²) >= 11 is 0. The molecule has 0 bridgehead atoms. The Morgan fingerprint density at radius 1 is 1.19 bits per heavy atom. The summed E-state index contributed by atoms with van der Waals surface area (Å²) in [5, 5.41) is 2.71. The van der Waals surface area contributed by atoms with Crippen molar-refractivity contribution in [1.29, 1.82) is 0 Å². The van der Waals surface area contributed by atoms with Crippen molar-refractivity contribution in [1.82, 2.24) is 10.2 Å². The van der Waals surface area contributed by atoms with Crippen LogP contribution in [0, 0.1) is 0 Å². The molecule has 178 valence electrons. The maximum absolute atomic E-state index is 13.0. The molecule has 32 heavy (non-hydrogen) atoms. The van der Waals surface area contributed by atoms with Gasteiger partial charge in [-0.25, -0.2) is 9.59 Å². The highest BCUT2D eigenvalue weighted by atomic mass is 16.6. The summed E-state index contributed by atoms with van der Waals surface area (Å²) in [6.07, 6.45) is -1.46. The van der Waals surface area contributed by atoms with E-state index in [9.17, 15) is 14.4 Å². The van der Waals surface area contributed by atoms with E-state index in [4.69, 9.17) is 18.9 Å². The van der Waals surface area contributed by atoms with E-state index >= 15 is 0 Å². The minimum atomic E-state index is -0.991. The third kappa shape index (κ3) is 7.40. The van der Waals surface area contributed by atoms with Crippen LogP contribution in [0.5, 0.6) is 0 Å². The van der Waals surface area contributed by atoms with E-state index in [-0.39, 0.29) is 26.2 Å². The number of hydrogen-bond donors (Lipinski definition) is 1. The van der Waals surface area contributed by atoms with E-state index in [0.29, 0.717) is 0 Å². The lowest BCUT2D eigenvalue weighted by Crippen LogP contribution is -2.57. The molecule has 0 aliphatic carbocycles. The van der Waals surface area contributed by atoms with E-state index in [1.807, 2.05) is 30.3 Å². The molecular weight excluding hydrogens is 416 g/mol. The fourth-order valence-corrected chi connectivity index (χ4v) is 3.39. The molecule has 1 fully saturated rings. The summed E-state index contributed by atoms with van der Waals surface area (Å²) in [5.74, 6) is -0.505. The first-order chi connectivity index (χ1) is 14.9. The van der Waals surface area contributed by atoms with Crippen LogP contribution in [-0.4, -0.2) is 59.7 Å². The van der Waals surface area contributed by atoms with Crippen LogP contribution in [0.1, 0.15) is 53.5 Å². The van der Waals surface area contributed by atoms with Crippen molar-refractivity contribution in [3.05, 3.63) is 35.9 Å². The van der Waals surface area contributed by atoms with Crippen molar-refractivity contribution in [2.75, 3.05) is 13.2 Å². The molecule has 1 aromatic carbocycles. The molecule has 1 aliphatic heterocycles. The molecule has 2 atom stereocenters. The largest absolute Gasteiger partial charge is 0.466 e. The maximum atomic E-state index is 13.0. The Labute approximate surface area is 189 Å². The molecule has 2 amide bonds. The van der Waals surface area contributed by atoms with Crippen molar-refractivity contribution >= 4 is 18.2 Å². The molecule has 1 saturated heterocycles. The first-order valence-electron chi connectivity index (χ1n) is 10.7. The van der Waals surface area contributed by atoms with Gasteiger partial charge in [0.2, 0.25) is 0 Å². The summed E-state index contributed by atoms with van der Waals surface area (Å²) in [5.41, 5.74) is -0.889. The van der Waals surface area contributed by atoms with E-state index in [2.05, 4.69) is 5.32 Å². The molecule has 2 rings (SSSR count). The molecule has 9 nitrogen and oxygen atoms in total. The fourth-order valence-electron chi connectivity index (χ4n) is 3.39. The average molecular weight is 451 g/mol. The molecule has 0 unspecified atom stereocenters. The SMILES string of the molecule is CCOC(=O)C[C@H](NC(=O)OCc1ccccc1)[C@H]1COC(C)(C)N1C(=O)OC(C)(C)C. The van der Waals surface area contributed by atoms with E-state index in [1.54, 1.807) is 41.5 Å². The van der Waals surface area contributed by atoms with Crippen LogP contribution in [0.25, 0.3) is 0 Å². The summed E-state index contributed by atoms with van der Waals surface area (Å²) in [6, 6.07) is 7.77. The van der Waals surface area contributed by atoms with Crippen molar-refractivity contribution in [2.24, 2.45) is 0 Å². The first kappa shape index (κ1) is 25.5. The molecule has 0 saturated carbocycles. The summed E-state index contributed by atoms with van der Waals surface area (Å²) in [6.45, 7) is 10.8. The zero-order valence-electron chi connectivity index (χ0n) is 19.7. The van der Waals surface area contributed by atoms with Crippen LogP contribution < -0.4 is 5.32 Å². The number of esters is 1. The van der Waals surface area contributed by atoms with Crippen LogP contribution >= 0.6 is 0 Å². The Morgan fingerprint density at radius 3 is 2.44 bits per heavy atom. The monoisotopic (exact) mass is 450 g/mol. The van der Waals surface area contributed by atoms with Crippen molar-refractivity contribution in [3.8, 4) is 0 Å². The molecule has 0 spiro atoms. The minimum absolute atomic E-state index is 0.0707. The lowest BCUT2D eigenvalue weighted by atomic mass is 10.0. The maximum Gasteiger partial charge on any atom is 0.412 e. The van der Waals surface area contributed by atoms with Gasteiger partial charge in [0.15, 0.2) is 0 Å². The highest BCUT2D eigenvalue weighted by Gasteiger charge is 2.49. The van der Waals surface area contributed by atoms with Gasteiger partial charge in [-0.3, -0.25) is 9.69 Å². The van der Waals surface area contributed by atoms with Crippen LogP contribution in [0.3, 0.4) is 0 Å². The number of carbonyl (C=O) groups excluding carboxylic acids is 3. The van der Waals surface area contributed by atoms with Gasteiger partial charge < -0.3 is 24.3 Å². The van der Waals surface area contributed by atoms with Crippen LogP contribution in [0.4, 0.5) is 9.59 Å². The van der Waals surface area contributed by atoms with E-state index in [1.165, 1.54) is 4.90 Å². The number of nitrogens with zero attached hydrogens (tertiary/aromatic N) is 1. The Bertz CT molecular complexity index is 789. The molecule has 1 N–H and O–H groups in total. The molecule has 9 heteroatoms. The Hall–Kier alpha value is -2.81. The average Bonchev–Trinajstić information content (AvgIpc) is 3.00. The lowest BCUT2D eigenvalue weighted by molar-refractivity contribution is -0.144. The van der Waals surface area contributed by atoms with Crippen LogP contribution in [0.2, 0.25) is 0 Å². The van der Waals surface area contributed by atoms with Gasteiger partial charge in [-0.1, -0.05) is 30.3 Å². The van der Waals surface area contributed by atoms with Gasteiger partial charge in [-0.05, 0) is 47.1 Å². The highest BCUT2D eigenvalue weighted by Crippen LogP contribution is 2.32. The van der Waals surface area contributed by atoms with Crippen LogP contribution in [0.15, 0.2) is 30.3 Å². The zero-order valence-corrected chi connectivity index (χ0v) is 19.7. The Kier molecular flexibility index (Phi) is 8.49. The Morgan fingerprint density at radius 2 is 1.84 bits per heavy atom. The highest BCUT2D eigenvalue weighted by molar-refractivity contribution is 5.74. The van der Waals surface area contributed by atoms with Crippen molar-refractivity contribution in [2.45, 2.75) is 78.0 Å². The van der Waals surface area contributed by atoms with Gasteiger partial charge in [0, 0.05) is 0 Å². The van der Waals surface area contributed by atoms with Crippen molar-refractivity contribution < 1.29 is 33.3 Å². The predicted molar refractivity (Wildman–Crippen MR) is 117 cm³/mol. The third-order valence-electron chi connectivity index (χ3n) is 4.78. The van der Waals surface area contributed by atoms with Crippen LogP contribution in [-0.2, 0) is 30.3 Å². The smallest absolute Gasteiger partial charge is 0.412 e. The number of nitrogens with one attached hydrogen (secondary N) is 1. The predicted octanol–water partition coefficient (Wildman–Crippen LogP) is 3.61. The van der Waals surface area contributed by atoms with Crippen molar-refractivity contribution in [3.63, 3.8) is 0 Å². The molecule has 0 aromatic heterocycles. The molecule has 1 heterocycles. The standard InChI is InChI=1S/C23H34N2O7/c1-7-29-19(26)13-17(24-20(27)30-14-16-11-9-8-10-12-16)18-15-31-23(5,6)25(18)21(28)32-22(2,3)4/h8-12,17-18H,7,13-15H2,1-6H3,(H,24,27)/t17-,18+/m0/s1. The summed E-state index contributed by atoms with van der Waals surface area (Å²) in [7, 11) is 0. The number of alkyl carbamates (subject to hydrolysis) is 1. The number of ether oxygens (including phenoxy) is 4. The van der Waals surface area contributed by atoms with Gasteiger partial charge in [0.05, 0.1) is 31.7 Å². The molecule has 0 radical (unpaired) electrons. The van der Waals surface area contributed by atoms with Gasteiger partial charge in [-0.2, -0.15) is 0 Å². The number of amides is 2. The second-order valence-electron chi connectivity index (χ2n) is 9.00. The molecule has 1 aromatic rings. The van der Waals surface area contributed by atoms with Gasteiger partial charge in [0.25, 0.3) is 0 Å². The zero-order chi connectivity index (χ0) is 23.9. The number of hydrogen-bond acceptors (Lipinski definition) is 7. The number of rotatable bonds is 7.